The minimum Gasteiger partial charge on any atom is -0.385 e. The Morgan fingerprint density at radius 2 is 0.759 bits per heavy atom. The van der Waals surface area contributed by atoms with Gasteiger partial charge in [0.25, 0.3) is 0 Å². The van der Waals surface area contributed by atoms with E-state index in [0.717, 1.165) is 48.2 Å². The number of aliphatic hydroxyl groups is 2. The Bertz CT molecular complexity index is 1920. The molecule has 2 aliphatic heterocycles. The zero-order valence-corrected chi connectivity index (χ0v) is 32.8. The summed E-state index contributed by atoms with van der Waals surface area (Å²) in [6.45, 7) is 8.30. The van der Waals surface area contributed by atoms with Gasteiger partial charge in [0.15, 0.2) is 0 Å². The number of rotatable bonds is 10. The van der Waals surface area contributed by atoms with Gasteiger partial charge in [0.1, 0.15) is 0 Å². The predicted molar refractivity (Wildman–Crippen MR) is 212 cm³/mol. The summed E-state index contributed by atoms with van der Waals surface area (Å²) in [5.41, 5.74) is 2.56. The first-order valence-electron chi connectivity index (χ1n) is 19.0. The van der Waals surface area contributed by atoms with E-state index < -0.39 is 31.2 Å². The van der Waals surface area contributed by atoms with Crippen LogP contribution in [0, 0.1) is 11.8 Å². The lowest BCUT2D eigenvalue weighted by Crippen LogP contribution is -2.48. The predicted octanol–water partition coefficient (Wildman–Crippen LogP) is 5.63. The van der Waals surface area contributed by atoms with Gasteiger partial charge in [-0.1, -0.05) is 60.7 Å². The van der Waals surface area contributed by atoms with Crippen molar-refractivity contribution in [2.24, 2.45) is 11.8 Å². The summed E-state index contributed by atoms with van der Waals surface area (Å²) >= 11 is 0. The van der Waals surface area contributed by atoms with Gasteiger partial charge in [0.05, 0.1) is 21.0 Å². The molecule has 4 aliphatic rings. The van der Waals surface area contributed by atoms with Crippen LogP contribution in [-0.2, 0) is 31.2 Å². The lowest BCUT2D eigenvalue weighted by Gasteiger charge is -2.35. The average molecular weight is 773 g/mol. The summed E-state index contributed by atoms with van der Waals surface area (Å²) < 4.78 is 54.1. The quantitative estimate of drug-likeness (QED) is 0.213. The lowest BCUT2D eigenvalue weighted by molar-refractivity contribution is 0.0327. The number of hydrogen-bond donors (Lipinski definition) is 2. The number of piperazine rings is 2. The highest BCUT2D eigenvalue weighted by Gasteiger charge is 2.42. The van der Waals surface area contributed by atoms with Crippen LogP contribution in [0.2, 0.25) is 0 Å². The van der Waals surface area contributed by atoms with Gasteiger partial charge in [0.2, 0.25) is 20.0 Å². The molecule has 2 aliphatic carbocycles. The maximum absolute atomic E-state index is 12.7. The van der Waals surface area contributed by atoms with Crippen LogP contribution in [0.15, 0.2) is 119 Å². The summed E-state index contributed by atoms with van der Waals surface area (Å²) in [6.07, 6.45) is 4.36. The van der Waals surface area contributed by atoms with Crippen molar-refractivity contribution in [3.8, 4) is 0 Å². The Morgan fingerprint density at radius 3 is 1.04 bits per heavy atom. The molecule has 2 saturated carbocycles. The van der Waals surface area contributed by atoms with Crippen molar-refractivity contribution in [3.63, 3.8) is 0 Å². The summed E-state index contributed by atoms with van der Waals surface area (Å²) in [4.78, 5) is 5.11. The molecule has 0 amide bonds. The largest absolute Gasteiger partial charge is 0.385 e. The lowest BCUT2D eigenvalue weighted by atomic mass is 9.91. The number of nitrogens with zero attached hydrogens (tertiary/aromatic N) is 4. The molecule has 8 rings (SSSR count). The first kappa shape index (κ1) is 38.5. The molecular formula is C42H52N4O6S2. The molecule has 4 aromatic rings. The third-order valence-corrected chi connectivity index (χ3v) is 15.4. The van der Waals surface area contributed by atoms with Crippen molar-refractivity contribution >= 4 is 31.4 Å². The Hall–Kier alpha value is -3.78. The van der Waals surface area contributed by atoms with E-state index >= 15 is 0 Å². The van der Waals surface area contributed by atoms with Gasteiger partial charge in [-0.25, -0.2) is 16.8 Å². The van der Waals surface area contributed by atoms with Gasteiger partial charge in [-0.3, -0.25) is 0 Å². The Morgan fingerprint density at radius 1 is 0.463 bits per heavy atom. The molecule has 2 heterocycles. The number of hydrogen-bond acceptors (Lipinski definition) is 8. The molecule has 288 valence electrons. The topological polar surface area (TPSA) is 122 Å². The van der Waals surface area contributed by atoms with E-state index in [-0.39, 0.29) is 0 Å². The molecular weight excluding hydrogens is 721 g/mol. The molecule has 0 aromatic heterocycles. The third-order valence-electron chi connectivity index (χ3n) is 11.6. The van der Waals surface area contributed by atoms with E-state index in [4.69, 9.17) is 0 Å². The standard InChI is InChI=1S/2C21H26N2O3S/c2*1-21(24,17-7-8-17)18-9-11-19(12-10-18)22-13-15-23(16-14-22)27(25,26)20-5-3-2-4-6-20/h2*2-6,9-12,17,24H,7-8,13-16H2,1H3/t2*21-/m10/s1. The van der Waals surface area contributed by atoms with Crippen molar-refractivity contribution in [1.82, 2.24) is 8.61 Å². The van der Waals surface area contributed by atoms with Gasteiger partial charge in [-0.2, -0.15) is 8.61 Å². The highest BCUT2D eigenvalue weighted by Crippen LogP contribution is 2.46. The fraction of sp³-hybridized carbons (Fsp3) is 0.429. The molecule has 2 atom stereocenters. The van der Waals surface area contributed by atoms with Crippen molar-refractivity contribution in [2.45, 2.75) is 60.5 Å². The summed E-state index contributed by atoms with van der Waals surface area (Å²) in [6, 6.07) is 33.4. The van der Waals surface area contributed by atoms with Crippen LogP contribution in [0.3, 0.4) is 0 Å². The summed E-state index contributed by atoms with van der Waals surface area (Å²) in [7, 11) is -6.85. The molecule has 0 radical (unpaired) electrons. The SMILES string of the molecule is C[C@@](O)(c1ccc(N2CCN(S(=O)(=O)c3ccccc3)CC2)cc1)C1CC1.C[C@](O)(c1ccc(N2CCN(S(=O)(=O)c3ccccc3)CC2)cc1)C1CC1. The monoisotopic (exact) mass is 772 g/mol. The van der Waals surface area contributed by atoms with Gasteiger partial charge < -0.3 is 20.0 Å². The number of benzene rings is 4. The molecule has 0 bridgehead atoms. The molecule has 54 heavy (non-hydrogen) atoms. The molecule has 12 heteroatoms. The first-order chi connectivity index (χ1) is 25.8. The molecule has 0 spiro atoms. The second-order valence-corrected chi connectivity index (χ2v) is 19.2. The molecule has 2 saturated heterocycles. The first-order valence-corrected chi connectivity index (χ1v) is 21.9. The van der Waals surface area contributed by atoms with E-state index in [1.165, 1.54) is 0 Å². The normalized spacial score (nSPS) is 21.0. The van der Waals surface area contributed by atoms with Crippen LogP contribution >= 0.6 is 0 Å². The summed E-state index contributed by atoms with van der Waals surface area (Å²) in [5, 5.41) is 21.3. The molecule has 0 unspecified atom stereocenters. The van der Waals surface area contributed by atoms with Crippen LogP contribution in [0.5, 0.6) is 0 Å². The Kier molecular flexibility index (Phi) is 11.0. The van der Waals surface area contributed by atoms with Crippen LogP contribution in [0.4, 0.5) is 11.4 Å². The smallest absolute Gasteiger partial charge is 0.243 e. The van der Waals surface area contributed by atoms with E-state index in [1.807, 2.05) is 74.5 Å². The third kappa shape index (κ3) is 8.24. The second kappa shape index (κ2) is 15.4. The van der Waals surface area contributed by atoms with Crippen molar-refractivity contribution in [1.29, 1.82) is 0 Å². The van der Waals surface area contributed by atoms with Gasteiger partial charge in [-0.05, 0) is 111 Å². The van der Waals surface area contributed by atoms with Crippen molar-refractivity contribution in [2.75, 3.05) is 62.2 Å². The highest BCUT2D eigenvalue weighted by molar-refractivity contribution is 7.89. The van der Waals surface area contributed by atoms with Crippen LogP contribution in [-0.4, -0.2) is 88.0 Å². The van der Waals surface area contributed by atoms with Gasteiger partial charge >= 0.3 is 0 Å². The Labute approximate surface area is 320 Å². The van der Waals surface area contributed by atoms with E-state index in [2.05, 4.69) is 9.80 Å². The van der Waals surface area contributed by atoms with Crippen molar-refractivity contribution in [3.05, 3.63) is 120 Å². The maximum Gasteiger partial charge on any atom is 0.243 e. The average Bonchev–Trinajstić information content (AvgIpc) is 4.13. The molecule has 4 fully saturated rings. The second-order valence-electron chi connectivity index (χ2n) is 15.3. The van der Waals surface area contributed by atoms with Crippen LogP contribution < -0.4 is 9.80 Å². The van der Waals surface area contributed by atoms with Crippen LogP contribution in [0.25, 0.3) is 0 Å². The fourth-order valence-corrected chi connectivity index (χ4v) is 10.5. The zero-order chi connectivity index (χ0) is 38.1. The zero-order valence-electron chi connectivity index (χ0n) is 31.2. The maximum atomic E-state index is 12.7. The highest BCUT2D eigenvalue weighted by atomic mass is 32.2. The fourth-order valence-electron chi connectivity index (χ4n) is 7.64. The van der Waals surface area contributed by atoms with Crippen LogP contribution in [0.1, 0.15) is 50.7 Å². The minimum atomic E-state index is -3.42. The van der Waals surface area contributed by atoms with E-state index in [1.54, 1.807) is 57.1 Å². The number of anilines is 2. The number of sulfonamides is 2. The minimum absolute atomic E-state index is 0.352. The molecule has 4 aromatic carbocycles. The van der Waals surface area contributed by atoms with E-state index in [9.17, 15) is 27.0 Å². The van der Waals surface area contributed by atoms with E-state index in [0.29, 0.717) is 74.0 Å². The van der Waals surface area contributed by atoms with Gasteiger partial charge in [0, 0.05) is 63.7 Å². The molecule has 10 nitrogen and oxygen atoms in total. The summed E-state index contributed by atoms with van der Waals surface area (Å²) in [5.74, 6) is 0.741. The Balaban J connectivity index is 0.000000167. The van der Waals surface area contributed by atoms with Gasteiger partial charge in [-0.15, -0.1) is 0 Å². The molecule has 2 N–H and O–H groups in total. The van der Waals surface area contributed by atoms with Crippen molar-refractivity contribution < 1.29 is 27.0 Å².